The lowest BCUT2D eigenvalue weighted by Crippen LogP contribution is -1.94. The maximum absolute atomic E-state index is 10.9. The minimum absolute atomic E-state index is 0.260. The van der Waals surface area contributed by atoms with Crippen LogP contribution in [0, 0.1) is 0 Å². The van der Waals surface area contributed by atoms with E-state index in [1.807, 2.05) is 0 Å². The third-order valence-corrected chi connectivity index (χ3v) is 3.58. The van der Waals surface area contributed by atoms with Crippen LogP contribution in [0.15, 0.2) is 39.4 Å². The Bertz CT molecular complexity index is 617. The molecule has 6 heteroatoms. The highest BCUT2D eigenvalue weighted by Gasteiger charge is 2.11. The average Bonchev–Trinajstić information content (AvgIpc) is 2.43. The van der Waals surface area contributed by atoms with Crippen molar-refractivity contribution in [3.05, 3.63) is 45.0 Å². The van der Waals surface area contributed by atoms with E-state index in [9.17, 15) is 4.79 Å². The van der Waals surface area contributed by atoms with Gasteiger partial charge in [-0.05, 0) is 56.1 Å². The fourth-order valence-electron chi connectivity index (χ4n) is 1.43. The molecule has 0 aliphatic rings. The van der Waals surface area contributed by atoms with Crippen LogP contribution in [-0.2, 0) is 0 Å². The lowest BCUT2D eigenvalue weighted by atomic mass is 10.3. The van der Waals surface area contributed by atoms with E-state index in [1.165, 1.54) is 0 Å². The summed E-state index contributed by atoms with van der Waals surface area (Å²) in [6, 6.07) is 6.83. The van der Waals surface area contributed by atoms with Gasteiger partial charge in [0.25, 0.3) is 0 Å². The van der Waals surface area contributed by atoms with Gasteiger partial charge in [0.2, 0.25) is 5.88 Å². The van der Waals surface area contributed by atoms with Crippen LogP contribution in [-0.4, -0.2) is 18.4 Å². The predicted octanol–water partition coefficient (Wildman–Crippen LogP) is 4.22. The number of aldehydes is 1. The maximum Gasteiger partial charge on any atom is 0.229 e. The summed E-state index contributed by atoms with van der Waals surface area (Å²) in [7, 11) is 1.58. The number of nitrogens with zero attached hydrogens (tertiary/aromatic N) is 1. The average molecular weight is 387 g/mol. The molecule has 0 fully saturated rings. The molecule has 0 unspecified atom stereocenters. The highest BCUT2D eigenvalue weighted by Crippen LogP contribution is 2.38. The molecule has 0 aliphatic heterocycles. The lowest BCUT2D eigenvalue weighted by molar-refractivity contribution is 0.112. The Morgan fingerprint density at radius 1 is 1.21 bits per heavy atom. The summed E-state index contributed by atoms with van der Waals surface area (Å²) < 4.78 is 12.3. The smallest absolute Gasteiger partial charge is 0.229 e. The molecule has 0 amide bonds. The van der Waals surface area contributed by atoms with Gasteiger partial charge in [0.05, 0.1) is 21.6 Å². The van der Waals surface area contributed by atoms with E-state index >= 15 is 0 Å². The first-order valence-corrected chi connectivity index (χ1v) is 6.85. The second-order valence-electron chi connectivity index (χ2n) is 3.53. The van der Waals surface area contributed by atoms with Crippen molar-refractivity contribution in [2.75, 3.05) is 7.11 Å². The van der Waals surface area contributed by atoms with E-state index in [0.717, 1.165) is 4.47 Å². The topological polar surface area (TPSA) is 48.4 Å². The third kappa shape index (κ3) is 3.13. The first-order chi connectivity index (χ1) is 9.15. The number of methoxy groups -OCH3 is 1. The quantitative estimate of drug-likeness (QED) is 0.738. The highest BCUT2D eigenvalue weighted by atomic mass is 79.9. The Morgan fingerprint density at radius 3 is 2.58 bits per heavy atom. The number of hydrogen-bond donors (Lipinski definition) is 0. The molecule has 2 aromatic rings. The Labute approximate surface area is 127 Å². The summed E-state index contributed by atoms with van der Waals surface area (Å²) in [5.41, 5.74) is 0.390. The molecule has 0 N–H and O–H groups in total. The van der Waals surface area contributed by atoms with Crippen molar-refractivity contribution in [2.45, 2.75) is 0 Å². The monoisotopic (exact) mass is 385 g/mol. The van der Waals surface area contributed by atoms with Crippen LogP contribution in [0.5, 0.6) is 17.4 Å². The molecule has 98 valence electrons. The van der Waals surface area contributed by atoms with Gasteiger partial charge in [0, 0.05) is 6.20 Å². The molecule has 1 heterocycles. The number of carbonyl (C=O) groups is 1. The van der Waals surface area contributed by atoms with Crippen molar-refractivity contribution in [2.24, 2.45) is 0 Å². The largest absolute Gasteiger partial charge is 0.496 e. The first kappa shape index (κ1) is 14.0. The molecule has 4 nitrogen and oxygen atoms in total. The lowest BCUT2D eigenvalue weighted by Gasteiger charge is -2.11. The molecule has 1 aromatic heterocycles. The summed E-state index contributed by atoms with van der Waals surface area (Å²) in [6.45, 7) is 0. The van der Waals surface area contributed by atoms with Crippen molar-refractivity contribution in [1.29, 1.82) is 0 Å². The molecule has 0 spiro atoms. The van der Waals surface area contributed by atoms with Gasteiger partial charge in [0.15, 0.2) is 6.29 Å². The Morgan fingerprint density at radius 2 is 1.89 bits per heavy atom. The van der Waals surface area contributed by atoms with E-state index in [0.29, 0.717) is 27.8 Å². The zero-order valence-electron chi connectivity index (χ0n) is 9.89. The molecule has 0 aliphatic carbocycles. The number of aromatic nitrogens is 1. The molecule has 0 saturated carbocycles. The van der Waals surface area contributed by atoms with Crippen molar-refractivity contribution in [3.63, 3.8) is 0 Å². The summed E-state index contributed by atoms with van der Waals surface area (Å²) in [4.78, 5) is 14.9. The maximum atomic E-state index is 10.9. The van der Waals surface area contributed by atoms with Crippen LogP contribution in [0.3, 0.4) is 0 Å². The minimum atomic E-state index is 0.260. The number of benzene rings is 1. The fraction of sp³-hybridized carbons (Fsp3) is 0.0769. The van der Waals surface area contributed by atoms with Gasteiger partial charge >= 0.3 is 0 Å². The van der Waals surface area contributed by atoms with Crippen molar-refractivity contribution < 1.29 is 14.3 Å². The normalized spacial score (nSPS) is 10.1. The van der Waals surface area contributed by atoms with Gasteiger partial charge in [-0.25, -0.2) is 4.98 Å². The van der Waals surface area contributed by atoms with Crippen LogP contribution in [0.1, 0.15) is 10.4 Å². The molecule has 0 saturated heterocycles. The minimum Gasteiger partial charge on any atom is -0.496 e. The van der Waals surface area contributed by atoms with E-state index in [1.54, 1.807) is 37.6 Å². The van der Waals surface area contributed by atoms with Crippen LogP contribution in [0.25, 0.3) is 0 Å². The Hall–Kier alpha value is -1.40. The highest BCUT2D eigenvalue weighted by molar-refractivity contribution is 9.11. The van der Waals surface area contributed by atoms with Crippen molar-refractivity contribution in [3.8, 4) is 17.4 Å². The van der Waals surface area contributed by atoms with Crippen LogP contribution in [0.2, 0.25) is 0 Å². The van der Waals surface area contributed by atoms with Crippen molar-refractivity contribution >= 4 is 38.1 Å². The molecular formula is C13H9Br2NO3. The van der Waals surface area contributed by atoms with Gasteiger partial charge in [-0.2, -0.15) is 0 Å². The van der Waals surface area contributed by atoms with Crippen molar-refractivity contribution in [1.82, 2.24) is 4.98 Å². The fourth-order valence-corrected chi connectivity index (χ4v) is 2.31. The van der Waals surface area contributed by atoms with Gasteiger partial charge in [-0.15, -0.1) is 0 Å². The molecule has 0 bridgehead atoms. The zero-order valence-corrected chi connectivity index (χ0v) is 13.1. The number of halogens is 2. The second kappa shape index (κ2) is 6.16. The molecule has 19 heavy (non-hydrogen) atoms. The van der Waals surface area contributed by atoms with Gasteiger partial charge < -0.3 is 9.47 Å². The Kier molecular flexibility index (Phi) is 4.55. The summed E-state index contributed by atoms with van der Waals surface area (Å²) in [5.74, 6) is 1.47. The molecule has 1 aromatic carbocycles. The first-order valence-electron chi connectivity index (χ1n) is 5.26. The van der Waals surface area contributed by atoms with E-state index in [2.05, 4.69) is 36.8 Å². The van der Waals surface area contributed by atoms with E-state index in [4.69, 9.17) is 9.47 Å². The van der Waals surface area contributed by atoms with Crippen LogP contribution >= 0.6 is 31.9 Å². The summed E-state index contributed by atoms with van der Waals surface area (Å²) in [5, 5.41) is 0. The predicted molar refractivity (Wildman–Crippen MR) is 78.1 cm³/mol. The van der Waals surface area contributed by atoms with E-state index < -0.39 is 0 Å². The van der Waals surface area contributed by atoms with Gasteiger partial charge in [-0.1, -0.05) is 0 Å². The number of hydrogen-bond acceptors (Lipinski definition) is 4. The van der Waals surface area contributed by atoms with E-state index in [-0.39, 0.29) is 5.88 Å². The third-order valence-electron chi connectivity index (χ3n) is 2.34. The SMILES string of the molecule is COc1cc(Br)c(Oc2ncccc2C=O)cc1Br. The van der Waals surface area contributed by atoms with Gasteiger partial charge in [-0.3, -0.25) is 4.79 Å². The number of carbonyl (C=O) groups excluding carboxylic acids is 1. The summed E-state index contributed by atoms with van der Waals surface area (Å²) in [6.07, 6.45) is 2.27. The molecule has 0 atom stereocenters. The zero-order chi connectivity index (χ0) is 13.8. The standard InChI is InChI=1S/C13H9Br2NO3/c1-18-11-5-10(15)12(6-9(11)14)19-13-8(7-17)3-2-4-16-13/h2-7H,1H3. The molecule has 2 rings (SSSR count). The number of pyridine rings is 1. The number of ether oxygens (including phenoxy) is 2. The Balaban J connectivity index is 2.38. The van der Waals surface area contributed by atoms with Crippen LogP contribution in [0.4, 0.5) is 0 Å². The molecular weight excluding hydrogens is 378 g/mol. The summed E-state index contributed by atoms with van der Waals surface area (Å²) >= 11 is 6.76. The van der Waals surface area contributed by atoms with Crippen LogP contribution < -0.4 is 9.47 Å². The number of rotatable bonds is 4. The molecule has 0 radical (unpaired) electrons. The van der Waals surface area contributed by atoms with Gasteiger partial charge in [0.1, 0.15) is 11.5 Å². The second-order valence-corrected chi connectivity index (χ2v) is 5.24.